The van der Waals surface area contributed by atoms with Gasteiger partial charge < -0.3 is 14.6 Å². The largest absolute Gasteiger partial charge is 0.469 e. The molecule has 2 fully saturated rings. The molecule has 0 radical (unpaired) electrons. The van der Waals surface area contributed by atoms with Gasteiger partial charge in [0.25, 0.3) is 0 Å². The van der Waals surface area contributed by atoms with Crippen molar-refractivity contribution in [3.63, 3.8) is 0 Å². The molecule has 1 saturated heterocycles. The van der Waals surface area contributed by atoms with E-state index < -0.39 is 11.2 Å². The zero-order chi connectivity index (χ0) is 18.5. The Morgan fingerprint density at radius 3 is 2.60 bits per heavy atom. The number of hydrogen-bond donors (Lipinski definition) is 1. The normalized spacial score (nSPS) is 42.8. The number of carbonyl (C=O) groups is 1. The predicted molar refractivity (Wildman–Crippen MR) is 97.1 cm³/mol. The standard InChI is InChI=1S/C21H34O4/c1-18(2)9-6-10-20(4)16(18)8-7-15(14-22)21(20)12-11-19(3,25-21)13-17(23)24-5/h7,16,22H,6,8-14H2,1-5H3/t16-,19+,20-,21+/m0/s1. The van der Waals surface area contributed by atoms with E-state index in [1.54, 1.807) is 0 Å². The van der Waals surface area contributed by atoms with Gasteiger partial charge in [-0.2, -0.15) is 0 Å². The maximum Gasteiger partial charge on any atom is 0.308 e. The first-order chi connectivity index (χ1) is 11.6. The lowest BCUT2D eigenvalue weighted by molar-refractivity contribution is -0.195. The molecule has 142 valence electrons. The van der Waals surface area contributed by atoms with E-state index in [0.717, 1.165) is 31.3 Å². The summed E-state index contributed by atoms with van der Waals surface area (Å²) in [7, 11) is 1.43. The van der Waals surface area contributed by atoms with Gasteiger partial charge in [0.1, 0.15) is 0 Å². The number of aliphatic hydroxyl groups excluding tert-OH is 1. The van der Waals surface area contributed by atoms with Crippen LogP contribution < -0.4 is 0 Å². The fourth-order valence-corrected chi connectivity index (χ4v) is 6.26. The van der Waals surface area contributed by atoms with E-state index in [-0.39, 0.29) is 29.8 Å². The van der Waals surface area contributed by atoms with Crippen molar-refractivity contribution in [3.05, 3.63) is 11.6 Å². The number of esters is 1. The van der Waals surface area contributed by atoms with Gasteiger partial charge in [-0.15, -0.1) is 0 Å². The Morgan fingerprint density at radius 2 is 1.96 bits per heavy atom. The second kappa shape index (κ2) is 6.09. The minimum Gasteiger partial charge on any atom is -0.469 e. The average Bonchev–Trinajstić information content (AvgIpc) is 2.88. The van der Waals surface area contributed by atoms with Crippen LogP contribution in [0.5, 0.6) is 0 Å². The highest BCUT2D eigenvalue weighted by Gasteiger charge is 2.65. The zero-order valence-corrected chi connectivity index (χ0v) is 16.5. The monoisotopic (exact) mass is 350 g/mol. The summed E-state index contributed by atoms with van der Waals surface area (Å²) in [6.07, 6.45) is 8.75. The summed E-state index contributed by atoms with van der Waals surface area (Å²) in [5.74, 6) is 0.306. The first-order valence-corrected chi connectivity index (χ1v) is 9.70. The summed E-state index contributed by atoms with van der Waals surface area (Å²) in [6, 6.07) is 0. The van der Waals surface area contributed by atoms with Crippen LogP contribution in [0.4, 0.5) is 0 Å². The quantitative estimate of drug-likeness (QED) is 0.617. The third kappa shape index (κ3) is 2.76. The van der Waals surface area contributed by atoms with Crippen LogP contribution in [-0.4, -0.2) is 36.0 Å². The summed E-state index contributed by atoms with van der Waals surface area (Å²) in [5.41, 5.74) is 0.314. The van der Waals surface area contributed by atoms with Gasteiger partial charge in [0.15, 0.2) is 0 Å². The van der Waals surface area contributed by atoms with Crippen LogP contribution in [0.1, 0.15) is 72.6 Å². The summed E-state index contributed by atoms with van der Waals surface area (Å²) in [5, 5.41) is 10.1. The molecule has 2 aliphatic carbocycles. The van der Waals surface area contributed by atoms with Crippen LogP contribution >= 0.6 is 0 Å². The smallest absolute Gasteiger partial charge is 0.308 e. The molecule has 0 amide bonds. The fourth-order valence-electron chi connectivity index (χ4n) is 6.26. The Labute approximate surface area is 152 Å². The van der Waals surface area contributed by atoms with Crippen LogP contribution in [0, 0.1) is 16.7 Å². The molecule has 0 aromatic rings. The minimum absolute atomic E-state index is 0.00452. The predicted octanol–water partition coefficient (Wildman–Crippen LogP) is 4.01. The average molecular weight is 350 g/mol. The Morgan fingerprint density at radius 1 is 1.24 bits per heavy atom. The van der Waals surface area contributed by atoms with Crippen LogP contribution in [0.2, 0.25) is 0 Å². The van der Waals surface area contributed by atoms with Crippen LogP contribution in [0.25, 0.3) is 0 Å². The van der Waals surface area contributed by atoms with Crippen molar-refractivity contribution in [1.82, 2.24) is 0 Å². The molecule has 0 bridgehead atoms. The molecule has 4 nitrogen and oxygen atoms in total. The Kier molecular flexibility index (Phi) is 4.61. The molecular formula is C21H34O4. The highest BCUT2D eigenvalue weighted by Crippen LogP contribution is 2.66. The summed E-state index contributed by atoms with van der Waals surface area (Å²) >= 11 is 0. The highest BCUT2D eigenvalue weighted by molar-refractivity contribution is 5.70. The van der Waals surface area contributed by atoms with E-state index in [9.17, 15) is 9.90 Å². The Balaban J connectivity index is 2.01. The number of rotatable bonds is 3. The topological polar surface area (TPSA) is 55.8 Å². The highest BCUT2D eigenvalue weighted by atomic mass is 16.5. The maximum absolute atomic E-state index is 11.9. The van der Waals surface area contributed by atoms with Gasteiger partial charge in [-0.25, -0.2) is 0 Å². The molecule has 0 aromatic heterocycles. The molecule has 4 heteroatoms. The van der Waals surface area contributed by atoms with Gasteiger partial charge in [-0.05, 0) is 55.9 Å². The van der Waals surface area contributed by atoms with Gasteiger partial charge >= 0.3 is 5.97 Å². The molecule has 0 unspecified atom stereocenters. The maximum atomic E-state index is 11.9. The number of hydrogen-bond acceptors (Lipinski definition) is 4. The number of carbonyl (C=O) groups excluding carboxylic acids is 1. The Hall–Kier alpha value is -0.870. The van der Waals surface area contributed by atoms with Gasteiger partial charge in [-0.1, -0.05) is 33.3 Å². The molecule has 1 heterocycles. The number of aliphatic hydroxyl groups is 1. The zero-order valence-electron chi connectivity index (χ0n) is 16.5. The van der Waals surface area contributed by atoms with E-state index in [2.05, 4.69) is 26.8 Å². The minimum atomic E-state index is -0.520. The molecule has 1 aliphatic heterocycles. The van der Waals surface area contributed by atoms with Crippen molar-refractivity contribution in [3.8, 4) is 0 Å². The molecule has 1 spiro atoms. The second-order valence-electron chi connectivity index (χ2n) is 9.57. The first kappa shape index (κ1) is 18.9. The van der Waals surface area contributed by atoms with E-state index in [1.165, 1.54) is 20.0 Å². The van der Waals surface area contributed by atoms with Crippen LogP contribution in [-0.2, 0) is 14.3 Å². The summed E-state index contributed by atoms with van der Waals surface area (Å²) in [4.78, 5) is 11.9. The molecular weight excluding hydrogens is 316 g/mol. The number of methoxy groups -OCH3 is 1. The van der Waals surface area contributed by atoms with Crippen molar-refractivity contribution in [2.75, 3.05) is 13.7 Å². The van der Waals surface area contributed by atoms with Crippen molar-refractivity contribution in [1.29, 1.82) is 0 Å². The lowest BCUT2D eigenvalue weighted by atomic mass is 9.46. The van der Waals surface area contributed by atoms with Crippen molar-refractivity contribution in [2.24, 2.45) is 16.7 Å². The number of ether oxygens (including phenoxy) is 2. The lowest BCUT2D eigenvalue weighted by Gasteiger charge is -2.61. The van der Waals surface area contributed by atoms with Crippen molar-refractivity contribution < 1.29 is 19.4 Å². The van der Waals surface area contributed by atoms with E-state index in [1.807, 2.05) is 6.92 Å². The fraction of sp³-hybridized carbons (Fsp3) is 0.857. The Bertz CT molecular complexity index is 580. The van der Waals surface area contributed by atoms with Gasteiger partial charge in [0.2, 0.25) is 0 Å². The number of fused-ring (bicyclic) bond motifs is 2. The van der Waals surface area contributed by atoms with Gasteiger partial charge in [0, 0.05) is 5.41 Å². The summed E-state index contributed by atoms with van der Waals surface area (Å²) in [6.45, 7) is 9.18. The van der Waals surface area contributed by atoms with E-state index in [4.69, 9.17) is 9.47 Å². The molecule has 25 heavy (non-hydrogen) atoms. The van der Waals surface area contributed by atoms with E-state index in [0.29, 0.717) is 5.92 Å². The number of allylic oxidation sites excluding steroid dienone is 1. The van der Waals surface area contributed by atoms with Crippen LogP contribution in [0.15, 0.2) is 11.6 Å². The van der Waals surface area contributed by atoms with Crippen molar-refractivity contribution >= 4 is 5.97 Å². The third-order valence-corrected chi connectivity index (χ3v) is 7.61. The molecule has 1 N–H and O–H groups in total. The summed E-state index contributed by atoms with van der Waals surface area (Å²) < 4.78 is 11.7. The van der Waals surface area contributed by atoms with Gasteiger partial charge in [0.05, 0.1) is 31.3 Å². The SMILES string of the molecule is COC(=O)C[C@@]1(C)CC[C@@]2(O1)C(CO)=CC[C@H]1C(C)(C)CCC[C@@]12C. The second-order valence-corrected chi connectivity index (χ2v) is 9.57. The molecule has 3 aliphatic rings. The van der Waals surface area contributed by atoms with E-state index >= 15 is 0 Å². The first-order valence-electron chi connectivity index (χ1n) is 9.70. The third-order valence-electron chi connectivity index (χ3n) is 7.61. The molecule has 1 saturated carbocycles. The van der Waals surface area contributed by atoms with Crippen LogP contribution in [0.3, 0.4) is 0 Å². The van der Waals surface area contributed by atoms with Crippen molar-refractivity contribution in [2.45, 2.75) is 83.8 Å². The molecule has 4 atom stereocenters. The van der Waals surface area contributed by atoms with Gasteiger partial charge in [-0.3, -0.25) is 4.79 Å². The lowest BCUT2D eigenvalue weighted by Crippen LogP contribution is -2.60. The molecule has 0 aromatic carbocycles. The molecule has 3 rings (SSSR count).